The number of carboxylic acid groups (broad SMARTS) is 1. The van der Waals surface area contributed by atoms with Crippen molar-refractivity contribution in [1.29, 1.82) is 0 Å². The van der Waals surface area contributed by atoms with Gasteiger partial charge in [-0.3, -0.25) is 0 Å². The van der Waals surface area contributed by atoms with Crippen molar-refractivity contribution >= 4 is 5.97 Å². The van der Waals surface area contributed by atoms with Gasteiger partial charge in [0, 0.05) is 23.7 Å². The van der Waals surface area contributed by atoms with E-state index in [1.807, 2.05) is 32.9 Å². The first kappa shape index (κ1) is 34.6. The highest BCUT2D eigenvalue weighted by Gasteiger charge is 2.14. The number of unbranched alkanes of at least 4 members (excludes halogenated alkanes) is 9. The van der Waals surface area contributed by atoms with E-state index in [1.165, 1.54) is 69.9 Å². The molecule has 0 fully saturated rings. The van der Waals surface area contributed by atoms with Gasteiger partial charge in [0.05, 0.1) is 12.7 Å². The predicted octanol–water partition coefficient (Wildman–Crippen LogP) is 6.97. The molecule has 0 aromatic heterocycles. The van der Waals surface area contributed by atoms with E-state index < -0.39 is 12.1 Å². The minimum atomic E-state index is -0.909. The summed E-state index contributed by atoms with van der Waals surface area (Å²) in [5.41, 5.74) is 1.05. The highest BCUT2D eigenvalue weighted by Crippen LogP contribution is 2.22. The van der Waals surface area contributed by atoms with E-state index in [0.717, 1.165) is 12.5 Å². The zero-order chi connectivity index (χ0) is 27.9. The number of aliphatic carboxylic acids is 1. The summed E-state index contributed by atoms with van der Waals surface area (Å²) in [6.45, 7) is 8.52. The lowest BCUT2D eigenvalue weighted by Crippen LogP contribution is -2.38. The minimum absolute atomic E-state index is 0.0484. The van der Waals surface area contributed by atoms with Gasteiger partial charge in [-0.2, -0.15) is 0 Å². The fourth-order valence-corrected chi connectivity index (χ4v) is 3.47. The fourth-order valence-electron chi connectivity index (χ4n) is 3.47. The lowest BCUT2D eigenvalue weighted by atomic mass is 10.0. The fraction of sp³-hybridized carbons (Fsp3) is 0.581. The summed E-state index contributed by atoms with van der Waals surface area (Å²) in [5.74, 6) is -0.861. The molecule has 0 aliphatic rings. The Balaban J connectivity index is 0.000000708. The van der Waals surface area contributed by atoms with Gasteiger partial charge >= 0.3 is 5.97 Å². The van der Waals surface area contributed by atoms with E-state index in [0.29, 0.717) is 17.7 Å². The molecule has 0 spiro atoms. The molecule has 37 heavy (non-hydrogen) atoms. The largest absolute Gasteiger partial charge is 0.508 e. The third-order valence-corrected chi connectivity index (χ3v) is 5.67. The molecule has 6 nitrogen and oxygen atoms in total. The maximum atomic E-state index is 10.2. The molecule has 0 aliphatic heterocycles. The van der Waals surface area contributed by atoms with Crippen LogP contribution >= 0.6 is 0 Å². The molecule has 1 aromatic rings. The van der Waals surface area contributed by atoms with E-state index in [2.05, 4.69) is 18.3 Å². The van der Waals surface area contributed by atoms with Crippen LogP contribution in [-0.2, 0) is 11.4 Å². The number of allylic oxidation sites excluding steroid dienone is 5. The maximum Gasteiger partial charge on any atom is 0.328 e. The summed E-state index contributed by atoms with van der Waals surface area (Å²) in [6, 6.07) is 4.76. The number of hydrogen-bond donors (Lipinski definition) is 5. The lowest BCUT2D eigenvalue weighted by Gasteiger charge is -2.23. The zero-order valence-electron chi connectivity index (χ0n) is 23.5. The molecule has 1 aromatic carbocycles. The van der Waals surface area contributed by atoms with Gasteiger partial charge in [-0.05, 0) is 51.3 Å². The summed E-state index contributed by atoms with van der Waals surface area (Å²) >= 11 is 0. The highest BCUT2D eigenvalue weighted by molar-refractivity contribution is 5.80. The first-order chi connectivity index (χ1) is 17.6. The predicted molar refractivity (Wildman–Crippen MR) is 154 cm³/mol. The van der Waals surface area contributed by atoms with Crippen molar-refractivity contribution in [3.63, 3.8) is 0 Å². The first-order valence-electron chi connectivity index (χ1n) is 13.7. The molecule has 0 heterocycles. The summed E-state index contributed by atoms with van der Waals surface area (Å²) < 4.78 is 0. The Morgan fingerprint density at radius 2 is 1.54 bits per heavy atom. The van der Waals surface area contributed by atoms with Crippen LogP contribution in [0, 0.1) is 0 Å². The smallest absolute Gasteiger partial charge is 0.328 e. The van der Waals surface area contributed by atoms with Gasteiger partial charge in [-0.15, -0.1) is 0 Å². The topological polar surface area (TPSA) is 110 Å². The van der Waals surface area contributed by atoms with E-state index in [-0.39, 0.29) is 17.9 Å². The van der Waals surface area contributed by atoms with Gasteiger partial charge in [0.1, 0.15) is 5.75 Å². The number of aromatic hydroxyl groups is 1. The van der Waals surface area contributed by atoms with Crippen LogP contribution in [0.1, 0.15) is 109 Å². The second kappa shape index (κ2) is 21.7. The summed E-state index contributed by atoms with van der Waals surface area (Å²) in [5, 5.41) is 40.0. The average Bonchev–Trinajstić information content (AvgIpc) is 2.85. The number of rotatable bonds is 17. The van der Waals surface area contributed by atoms with Crippen LogP contribution in [0.5, 0.6) is 5.75 Å². The molecule has 0 saturated heterocycles. The van der Waals surface area contributed by atoms with Crippen LogP contribution in [-0.4, -0.2) is 38.5 Å². The van der Waals surface area contributed by atoms with Crippen LogP contribution in [0.2, 0.25) is 0 Å². The van der Waals surface area contributed by atoms with Crippen molar-refractivity contribution in [3.05, 3.63) is 65.8 Å². The van der Waals surface area contributed by atoms with Crippen LogP contribution in [0.25, 0.3) is 0 Å². The Morgan fingerprint density at radius 1 is 0.946 bits per heavy atom. The summed E-state index contributed by atoms with van der Waals surface area (Å²) in [4.78, 5) is 10.2. The van der Waals surface area contributed by atoms with E-state index >= 15 is 0 Å². The number of β-amino-alcohol motifs (C(OH)–C–C–N with tert-alkyl or cyclic N) is 1. The quantitative estimate of drug-likeness (QED) is 0.0867. The van der Waals surface area contributed by atoms with Crippen molar-refractivity contribution in [1.82, 2.24) is 5.32 Å². The van der Waals surface area contributed by atoms with Crippen molar-refractivity contribution < 1.29 is 25.2 Å². The van der Waals surface area contributed by atoms with Gasteiger partial charge < -0.3 is 25.7 Å². The lowest BCUT2D eigenvalue weighted by molar-refractivity contribution is -0.131. The Bertz CT molecular complexity index is 808. The molecule has 6 heteroatoms. The number of carbonyl (C=O) groups is 1. The second-order valence-electron chi connectivity index (χ2n) is 10.3. The van der Waals surface area contributed by atoms with Gasteiger partial charge in [0.25, 0.3) is 0 Å². The molecular weight excluding hydrogens is 466 g/mol. The first-order valence-corrected chi connectivity index (χ1v) is 13.7. The number of aliphatic hydroxyl groups excluding tert-OH is 2. The normalized spacial score (nSPS) is 12.8. The molecule has 1 rings (SSSR count). The molecule has 0 radical (unpaired) electrons. The van der Waals surface area contributed by atoms with Crippen molar-refractivity contribution in [2.45, 2.75) is 110 Å². The molecule has 0 amide bonds. The molecule has 210 valence electrons. The zero-order valence-corrected chi connectivity index (χ0v) is 23.5. The third-order valence-electron chi connectivity index (χ3n) is 5.67. The number of benzene rings is 1. The van der Waals surface area contributed by atoms with Crippen molar-refractivity contribution in [3.8, 4) is 5.75 Å². The standard InChI is InChI=1S/C18H30O2.C13H21NO3/c1-2-3-4-5-6-7-8-9-10-11-12-13-14-15-16-17-18(19)20;1-13(2,3)14-7-12(17)9-4-5-11(16)10(6-9)8-15/h12-17H,2-11H2,1H3,(H,19,20);4-6,12,14-17H,7-8H2,1-3H3/b13-12+,15-14+,17-16+;/t;12-/m.0/s1. The molecule has 0 unspecified atom stereocenters. The van der Waals surface area contributed by atoms with E-state index in [4.69, 9.17) is 10.2 Å². The van der Waals surface area contributed by atoms with Crippen molar-refractivity contribution in [2.75, 3.05) is 6.54 Å². The maximum absolute atomic E-state index is 10.2. The second-order valence-corrected chi connectivity index (χ2v) is 10.3. The molecule has 0 aliphatic carbocycles. The average molecular weight is 518 g/mol. The van der Waals surface area contributed by atoms with Crippen LogP contribution in [0.4, 0.5) is 0 Å². The number of carboxylic acids is 1. The van der Waals surface area contributed by atoms with Gasteiger partial charge in [-0.25, -0.2) is 4.79 Å². The Hall–Kier alpha value is -2.41. The number of phenols is 1. The SMILES string of the molecule is CC(C)(C)NC[C@H](O)c1ccc(O)c(CO)c1.CCCCCCCCCCC/C=C/C=C/C=C/C(=O)O. The molecule has 0 saturated carbocycles. The summed E-state index contributed by atoms with van der Waals surface area (Å²) in [7, 11) is 0. The number of hydrogen-bond acceptors (Lipinski definition) is 5. The number of aliphatic hydroxyl groups is 2. The Morgan fingerprint density at radius 3 is 2.11 bits per heavy atom. The Labute approximate surface area is 224 Å². The molecule has 1 atom stereocenters. The van der Waals surface area contributed by atoms with Crippen LogP contribution in [0.3, 0.4) is 0 Å². The van der Waals surface area contributed by atoms with Gasteiger partial charge in [-0.1, -0.05) is 94.7 Å². The van der Waals surface area contributed by atoms with Gasteiger partial charge in [0.15, 0.2) is 0 Å². The number of nitrogens with one attached hydrogen (secondary N) is 1. The Kier molecular flexibility index (Phi) is 20.2. The minimum Gasteiger partial charge on any atom is -0.508 e. The monoisotopic (exact) mass is 517 g/mol. The summed E-state index contributed by atoms with van der Waals surface area (Å²) in [6.07, 6.45) is 23.1. The van der Waals surface area contributed by atoms with E-state index in [9.17, 15) is 15.0 Å². The van der Waals surface area contributed by atoms with Crippen LogP contribution < -0.4 is 5.32 Å². The van der Waals surface area contributed by atoms with Crippen molar-refractivity contribution in [2.24, 2.45) is 0 Å². The van der Waals surface area contributed by atoms with Gasteiger partial charge in [0.2, 0.25) is 0 Å². The third kappa shape index (κ3) is 21.4. The molecule has 5 N–H and O–H groups in total. The molecule has 0 bridgehead atoms. The van der Waals surface area contributed by atoms with Crippen LogP contribution in [0.15, 0.2) is 54.7 Å². The highest BCUT2D eigenvalue weighted by atomic mass is 16.4. The van der Waals surface area contributed by atoms with E-state index in [1.54, 1.807) is 18.2 Å². The molecular formula is C31H51NO5.